The normalized spacial score (nSPS) is 12.5. The number of hydrogen-bond acceptors (Lipinski definition) is 3. The van der Waals surface area contributed by atoms with E-state index >= 15 is 0 Å². The number of aryl methyl sites for hydroxylation is 1. The Bertz CT molecular complexity index is 1020. The number of benzene rings is 3. The predicted octanol–water partition coefficient (Wildman–Crippen LogP) is 4.15. The molecular weight excluding hydrogens is 400 g/mol. The molecule has 0 saturated carbocycles. The first-order valence-corrected chi connectivity index (χ1v) is 10.8. The molecule has 3 rings (SSSR count). The van der Waals surface area contributed by atoms with Crippen molar-refractivity contribution in [3.63, 3.8) is 0 Å². The Labute approximate surface area is 189 Å². The highest BCUT2D eigenvalue weighted by Crippen LogP contribution is 2.14. The van der Waals surface area contributed by atoms with E-state index in [1.165, 1.54) is 0 Å². The average Bonchev–Trinajstić information content (AvgIpc) is 2.81. The second kappa shape index (κ2) is 11.1. The number of ether oxygens (including phenoxy) is 1. The van der Waals surface area contributed by atoms with E-state index < -0.39 is 6.04 Å². The summed E-state index contributed by atoms with van der Waals surface area (Å²) in [6.45, 7) is 3.96. The summed E-state index contributed by atoms with van der Waals surface area (Å²) >= 11 is 0. The molecule has 0 aromatic heterocycles. The average molecular weight is 431 g/mol. The van der Waals surface area contributed by atoms with Gasteiger partial charge in [0, 0.05) is 6.42 Å². The first-order valence-electron chi connectivity index (χ1n) is 10.8. The van der Waals surface area contributed by atoms with Gasteiger partial charge in [-0.25, -0.2) is 0 Å². The van der Waals surface area contributed by atoms with Crippen LogP contribution in [0.1, 0.15) is 35.2 Å². The molecule has 0 radical (unpaired) electrons. The maximum atomic E-state index is 13.1. The second-order valence-electron chi connectivity index (χ2n) is 7.98. The number of carbonyl (C=O) groups excluding carboxylic acids is 2. The van der Waals surface area contributed by atoms with Crippen molar-refractivity contribution in [1.29, 1.82) is 0 Å². The largest absolute Gasteiger partial charge is 0.497 e. The van der Waals surface area contributed by atoms with Crippen molar-refractivity contribution in [2.24, 2.45) is 0 Å². The molecule has 0 heterocycles. The molecule has 2 atom stereocenters. The Balaban J connectivity index is 1.70. The minimum Gasteiger partial charge on any atom is -0.497 e. The molecule has 3 aromatic rings. The summed E-state index contributed by atoms with van der Waals surface area (Å²) in [6, 6.07) is 24.3. The summed E-state index contributed by atoms with van der Waals surface area (Å²) < 4.78 is 5.16. The fourth-order valence-corrected chi connectivity index (χ4v) is 3.48. The molecule has 5 heteroatoms. The molecule has 0 spiro atoms. The van der Waals surface area contributed by atoms with Crippen LogP contribution in [0.2, 0.25) is 0 Å². The lowest BCUT2D eigenvalue weighted by Crippen LogP contribution is -2.49. The van der Waals surface area contributed by atoms with Crippen molar-refractivity contribution < 1.29 is 14.3 Å². The van der Waals surface area contributed by atoms with Crippen molar-refractivity contribution in [2.75, 3.05) is 7.11 Å². The fraction of sp³-hybridized carbons (Fsp3) is 0.259. The van der Waals surface area contributed by atoms with Gasteiger partial charge in [0.15, 0.2) is 0 Å². The third-order valence-electron chi connectivity index (χ3n) is 5.39. The minimum atomic E-state index is -0.672. The van der Waals surface area contributed by atoms with Gasteiger partial charge in [0.25, 0.3) is 0 Å². The van der Waals surface area contributed by atoms with Gasteiger partial charge in [-0.1, -0.05) is 72.3 Å². The molecule has 0 aliphatic carbocycles. The monoisotopic (exact) mass is 430 g/mol. The molecule has 0 aliphatic heterocycles. The lowest BCUT2D eigenvalue weighted by atomic mass is 10.0. The van der Waals surface area contributed by atoms with Gasteiger partial charge >= 0.3 is 0 Å². The van der Waals surface area contributed by atoms with Crippen LogP contribution < -0.4 is 15.4 Å². The quantitative estimate of drug-likeness (QED) is 0.536. The molecule has 0 bridgehead atoms. The van der Waals surface area contributed by atoms with Gasteiger partial charge in [0.1, 0.15) is 11.8 Å². The Hall–Kier alpha value is -3.60. The van der Waals surface area contributed by atoms with E-state index in [0.29, 0.717) is 6.42 Å². The summed E-state index contributed by atoms with van der Waals surface area (Å²) in [5, 5.41) is 5.97. The molecule has 0 fully saturated rings. The van der Waals surface area contributed by atoms with Gasteiger partial charge in [-0.15, -0.1) is 0 Å². The van der Waals surface area contributed by atoms with Crippen LogP contribution in [-0.2, 0) is 22.4 Å². The van der Waals surface area contributed by atoms with Gasteiger partial charge < -0.3 is 15.4 Å². The molecule has 166 valence electrons. The van der Waals surface area contributed by atoms with E-state index in [0.717, 1.165) is 28.0 Å². The van der Waals surface area contributed by atoms with Crippen LogP contribution in [0.5, 0.6) is 5.75 Å². The molecule has 2 amide bonds. The molecule has 0 saturated heterocycles. The third-order valence-corrected chi connectivity index (χ3v) is 5.39. The van der Waals surface area contributed by atoms with Crippen molar-refractivity contribution in [3.8, 4) is 5.75 Å². The van der Waals surface area contributed by atoms with Gasteiger partial charge in [-0.05, 0) is 42.7 Å². The molecular formula is C27H30N2O3. The first-order chi connectivity index (χ1) is 15.4. The van der Waals surface area contributed by atoms with Gasteiger partial charge in [-0.3, -0.25) is 9.59 Å². The molecule has 0 unspecified atom stereocenters. The topological polar surface area (TPSA) is 67.4 Å². The zero-order valence-electron chi connectivity index (χ0n) is 18.8. The number of methoxy groups -OCH3 is 1. The molecule has 0 aliphatic rings. The number of hydrogen-bond donors (Lipinski definition) is 2. The highest BCUT2D eigenvalue weighted by molar-refractivity contribution is 5.88. The van der Waals surface area contributed by atoms with Gasteiger partial charge in [-0.2, -0.15) is 0 Å². The lowest BCUT2D eigenvalue weighted by molar-refractivity contribution is -0.129. The minimum absolute atomic E-state index is 0.164. The summed E-state index contributed by atoms with van der Waals surface area (Å²) in [4.78, 5) is 25.9. The Morgan fingerprint density at radius 3 is 2.09 bits per heavy atom. The highest BCUT2D eigenvalue weighted by atomic mass is 16.5. The van der Waals surface area contributed by atoms with Crippen molar-refractivity contribution in [2.45, 2.75) is 38.8 Å². The summed E-state index contributed by atoms with van der Waals surface area (Å²) in [5.41, 5.74) is 4.01. The van der Waals surface area contributed by atoms with Crippen molar-refractivity contribution in [1.82, 2.24) is 10.6 Å². The third kappa shape index (κ3) is 6.71. The summed E-state index contributed by atoms with van der Waals surface area (Å²) in [6.07, 6.45) is 0.609. The molecule has 2 N–H and O–H groups in total. The van der Waals surface area contributed by atoms with E-state index in [1.807, 2.05) is 92.7 Å². The van der Waals surface area contributed by atoms with E-state index in [-0.39, 0.29) is 24.3 Å². The van der Waals surface area contributed by atoms with E-state index in [4.69, 9.17) is 4.74 Å². The van der Waals surface area contributed by atoms with Crippen LogP contribution in [0.4, 0.5) is 0 Å². The van der Waals surface area contributed by atoms with Crippen LogP contribution >= 0.6 is 0 Å². The zero-order valence-corrected chi connectivity index (χ0v) is 18.8. The number of amides is 2. The van der Waals surface area contributed by atoms with Gasteiger partial charge in [0.05, 0.1) is 19.6 Å². The Morgan fingerprint density at radius 1 is 0.844 bits per heavy atom. The van der Waals surface area contributed by atoms with Crippen molar-refractivity contribution in [3.05, 3.63) is 101 Å². The molecule has 3 aromatic carbocycles. The number of nitrogens with one attached hydrogen (secondary N) is 2. The number of rotatable bonds is 9. The Kier molecular flexibility index (Phi) is 8.03. The fourth-order valence-electron chi connectivity index (χ4n) is 3.48. The highest BCUT2D eigenvalue weighted by Gasteiger charge is 2.23. The standard InChI is InChI=1S/C27H30N2O3/c1-19-9-11-21(12-10-19)17-25(27(31)28-20(2)23-7-5-4-6-8-23)29-26(30)18-22-13-15-24(32-3)16-14-22/h4-16,20,25H,17-18H2,1-3H3,(H,28,31)(H,29,30)/t20-,25+/m1/s1. The van der Waals surface area contributed by atoms with Crippen LogP contribution in [0.15, 0.2) is 78.9 Å². The molecule has 5 nitrogen and oxygen atoms in total. The Morgan fingerprint density at radius 2 is 1.47 bits per heavy atom. The zero-order chi connectivity index (χ0) is 22.9. The lowest BCUT2D eigenvalue weighted by Gasteiger charge is -2.22. The number of carbonyl (C=O) groups is 2. The maximum Gasteiger partial charge on any atom is 0.243 e. The van der Waals surface area contributed by atoms with E-state index in [2.05, 4.69) is 10.6 Å². The first kappa shape index (κ1) is 23.1. The summed E-state index contributed by atoms with van der Waals surface area (Å²) in [5.74, 6) is 0.334. The summed E-state index contributed by atoms with van der Waals surface area (Å²) in [7, 11) is 1.60. The van der Waals surface area contributed by atoms with Crippen LogP contribution in [-0.4, -0.2) is 25.0 Å². The van der Waals surface area contributed by atoms with Gasteiger partial charge in [0.2, 0.25) is 11.8 Å². The van der Waals surface area contributed by atoms with E-state index in [1.54, 1.807) is 7.11 Å². The molecule has 32 heavy (non-hydrogen) atoms. The van der Waals surface area contributed by atoms with Crippen LogP contribution in [0.25, 0.3) is 0 Å². The second-order valence-corrected chi connectivity index (χ2v) is 7.98. The van der Waals surface area contributed by atoms with Crippen molar-refractivity contribution >= 4 is 11.8 Å². The van der Waals surface area contributed by atoms with E-state index in [9.17, 15) is 9.59 Å². The predicted molar refractivity (Wildman–Crippen MR) is 127 cm³/mol. The van der Waals surface area contributed by atoms with Crippen LogP contribution in [0, 0.1) is 6.92 Å². The SMILES string of the molecule is COc1ccc(CC(=O)N[C@@H](Cc2ccc(C)cc2)C(=O)N[C@H](C)c2ccccc2)cc1. The smallest absolute Gasteiger partial charge is 0.243 e. The maximum absolute atomic E-state index is 13.1. The van der Waals surface area contributed by atoms with Crippen LogP contribution in [0.3, 0.4) is 0 Å².